The predicted octanol–water partition coefficient (Wildman–Crippen LogP) is -2.03. The summed E-state index contributed by atoms with van der Waals surface area (Å²) in [5.41, 5.74) is 5.41. The maximum atomic E-state index is 8.49. The molecule has 0 heterocycles. The quantitative estimate of drug-likeness (QED) is 0.130. The second-order valence-electron chi connectivity index (χ2n) is 10.7. The number of rotatable bonds is 7. The summed E-state index contributed by atoms with van der Waals surface area (Å²) in [4.78, 5) is 0. The topological polar surface area (TPSA) is 184 Å². The van der Waals surface area contributed by atoms with E-state index in [4.69, 9.17) is 37.3 Å². The molecule has 0 aliphatic heterocycles. The summed E-state index contributed by atoms with van der Waals surface area (Å²) >= 11 is 0. The molecular weight excluding hydrogens is 818 g/mol. The molecule has 0 fully saturated rings. The van der Waals surface area contributed by atoms with Crippen molar-refractivity contribution >= 4 is 47.7 Å². The average Bonchev–Trinajstić information content (AvgIpc) is 3.06. The molecule has 0 aliphatic carbocycles. The monoisotopic (exact) mass is 850 g/mol. The standard InChI is InChI=1S/C38H32P2.2ClHO4.Ru/c1-29-17-15-27-35(39(31-19-7-3-8-20-31)32-21-9-4-10-22-32)37(29)38-30(2)18-16-28-36(38)40(33-23-11-5-12-24-33)34-25-13-6-14-26-34;2*2-1(3,4)5;/h3-28H,1-2H3;2*(H,2,3,4,5);/q;;;+2/p-2. The van der Waals surface area contributed by atoms with Crippen LogP contribution in [0.1, 0.15) is 11.1 Å². The number of halogens is 2. The number of aryl methyl sites for hydroxylation is 2. The van der Waals surface area contributed by atoms with Crippen LogP contribution in [0, 0.1) is 34.3 Å². The second-order valence-corrected chi connectivity index (χ2v) is 16.6. The van der Waals surface area contributed by atoms with E-state index in [-0.39, 0.29) is 19.5 Å². The first-order chi connectivity index (χ1) is 23.7. The number of hydrogen-bond donors (Lipinski definition) is 0. The van der Waals surface area contributed by atoms with Gasteiger partial charge in [-0.05, 0) is 83.8 Å². The van der Waals surface area contributed by atoms with Gasteiger partial charge in [0.1, 0.15) is 0 Å². The van der Waals surface area contributed by atoms with Gasteiger partial charge in [0, 0.05) is 0 Å². The molecule has 0 spiro atoms. The molecule has 0 amide bonds. The third-order valence-electron chi connectivity index (χ3n) is 7.29. The summed E-state index contributed by atoms with van der Waals surface area (Å²) in [6, 6.07) is 58.0. The summed E-state index contributed by atoms with van der Waals surface area (Å²) in [5, 5.41) is 8.33. The molecule has 51 heavy (non-hydrogen) atoms. The van der Waals surface area contributed by atoms with E-state index >= 15 is 0 Å². The van der Waals surface area contributed by atoms with Gasteiger partial charge in [-0.2, -0.15) is 0 Å². The molecule has 0 radical (unpaired) electrons. The van der Waals surface area contributed by atoms with Crippen molar-refractivity contribution in [1.82, 2.24) is 0 Å². The number of benzene rings is 6. The van der Waals surface area contributed by atoms with Crippen LogP contribution in [-0.4, -0.2) is 0 Å². The van der Waals surface area contributed by atoms with Crippen LogP contribution < -0.4 is 69.1 Å². The van der Waals surface area contributed by atoms with Gasteiger partial charge < -0.3 is 0 Å². The van der Waals surface area contributed by atoms with E-state index in [0.29, 0.717) is 0 Å². The summed E-state index contributed by atoms with van der Waals surface area (Å²) in [5.74, 6) is 0. The fraction of sp³-hybridized carbons (Fsp3) is 0.0526. The third-order valence-corrected chi connectivity index (χ3v) is 12.3. The van der Waals surface area contributed by atoms with Crippen molar-refractivity contribution in [3.05, 3.63) is 169 Å². The Labute approximate surface area is 317 Å². The average molecular weight is 851 g/mol. The van der Waals surface area contributed by atoms with E-state index in [0.717, 1.165) is 0 Å². The first-order valence-electron chi connectivity index (χ1n) is 15.0. The molecule has 0 aromatic heterocycles. The Kier molecular flexibility index (Phi) is 16.5. The van der Waals surface area contributed by atoms with Crippen molar-refractivity contribution < 1.29 is 77.2 Å². The fourth-order valence-corrected chi connectivity index (χ4v) is 10.6. The Morgan fingerprint density at radius 3 is 0.765 bits per heavy atom. The molecule has 0 unspecified atom stereocenters. The molecule has 6 aromatic carbocycles. The molecule has 6 aromatic rings. The minimum Gasteiger partial charge on any atom is -0.222 e. The van der Waals surface area contributed by atoms with Gasteiger partial charge in [0.2, 0.25) is 0 Å². The van der Waals surface area contributed by atoms with Gasteiger partial charge in [-0.3, -0.25) is 0 Å². The van der Waals surface area contributed by atoms with Crippen molar-refractivity contribution in [2.45, 2.75) is 13.8 Å². The van der Waals surface area contributed by atoms with Crippen LogP contribution in [0.3, 0.4) is 0 Å². The van der Waals surface area contributed by atoms with E-state index in [1.165, 1.54) is 54.1 Å². The van der Waals surface area contributed by atoms with E-state index < -0.39 is 36.3 Å². The van der Waals surface area contributed by atoms with Crippen LogP contribution >= 0.6 is 15.8 Å². The molecule has 8 nitrogen and oxygen atoms in total. The second kappa shape index (κ2) is 19.8. The van der Waals surface area contributed by atoms with Crippen LogP contribution in [0.5, 0.6) is 0 Å². The van der Waals surface area contributed by atoms with Crippen molar-refractivity contribution in [1.29, 1.82) is 0 Å². The molecule has 0 saturated carbocycles. The SMILES string of the molecule is Cc1cccc(P(c2ccccc2)c2ccccc2)c1-c1c(C)cccc1P(c1ccccc1)c1ccccc1.[O-][Cl+3]([O-])([O-])[O-].[O-][Cl+3]([O-])([O-])[O-].[Ru+2]. The summed E-state index contributed by atoms with van der Waals surface area (Å²) in [7, 11) is -11.4. The first-order valence-corrected chi connectivity index (χ1v) is 20.1. The molecule has 13 heteroatoms. The molecule has 0 bridgehead atoms. The van der Waals surface area contributed by atoms with Gasteiger partial charge in [-0.15, -0.1) is 20.5 Å². The molecule has 0 N–H and O–H groups in total. The van der Waals surface area contributed by atoms with Gasteiger partial charge in [-0.25, -0.2) is 37.3 Å². The van der Waals surface area contributed by atoms with E-state index in [1.807, 2.05) is 0 Å². The van der Waals surface area contributed by atoms with E-state index in [2.05, 4.69) is 172 Å². The summed E-state index contributed by atoms with van der Waals surface area (Å²) < 4.78 is 67.9. The maximum Gasteiger partial charge on any atom is 2.00 e. The Morgan fingerprint density at radius 2 is 0.549 bits per heavy atom. The van der Waals surface area contributed by atoms with Crippen molar-refractivity contribution in [2.24, 2.45) is 0 Å². The van der Waals surface area contributed by atoms with Gasteiger partial charge in [0.25, 0.3) is 0 Å². The van der Waals surface area contributed by atoms with Crippen molar-refractivity contribution in [3.8, 4) is 11.1 Å². The molecule has 0 saturated heterocycles. The zero-order valence-corrected chi connectivity index (χ0v) is 32.3. The molecule has 0 atom stereocenters. The van der Waals surface area contributed by atoms with E-state index in [1.54, 1.807) is 0 Å². The Bertz CT molecular complexity index is 1700. The van der Waals surface area contributed by atoms with Crippen molar-refractivity contribution in [2.75, 3.05) is 0 Å². The van der Waals surface area contributed by atoms with Gasteiger partial charge >= 0.3 is 19.5 Å². The smallest absolute Gasteiger partial charge is 0.222 e. The summed E-state index contributed by atoms with van der Waals surface area (Å²) in [6.45, 7) is 4.57. The zero-order valence-electron chi connectivity index (χ0n) is 27.3. The Hall–Kier alpha value is -2.94. The molecule has 264 valence electrons. The largest absolute Gasteiger partial charge is 2.00 e. The fourth-order valence-electron chi connectivity index (χ4n) is 5.49. The zero-order chi connectivity index (χ0) is 36.3. The number of hydrogen-bond acceptors (Lipinski definition) is 8. The minimum absolute atomic E-state index is 0. The summed E-state index contributed by atoms with van der Waals surface area (Å²) in [6.07, 6.45) is 0. The van der Waals surface area contributed by atoms with Gasteiger partial charge in [0.15, 0.2) is 0 Å². The van der Waals surface area contributed by atoms with Crippen LogP contribution in [0.2, 0.25) is 0 Å². The molecule has 0 aliphatic rings. The predicted molar refractivity (Wildman–Crippen MR) is 179 cm³/mol. The van der Waals surface area contributed by atoms with Crippen LogP contribution in [0.25, 0.3) is 11.1 Å². The van der Waals surface area contributed by atoms with Gasteiger partial charge in [0.05, 0.1) is 0 Å². The molecular formula is C38H32Cl2O8P2Ru. The Morgan fingerprint density at radius 1 is 0.333 bits per heavy atom. The Balaban J connectivity index is 0.000000565. The first kappa shape index (κ1) is 42.5. The third kappa shape index (κ3) is 13.2. The van der Waals surface area contributed by atoms with Crippen molar-refractivity contribution in [3.63, 3.8) is 0 Å². The maximum absolute atomic E-state index is 8.49. The normalized spacial score (nSPS) is 11.1. The van der Waals surface area contributed by atoms with Crippen LogP contribution in [-0.2, 0) is 19.5 Å². The minimum atomic E-state index is -4.94. The van der Waals surface area contributed by atoms with Crippen LogP contribution in [0.15, 0.2) is 158 Å². The van der Waals surface area contributed by atoms with Crippen LogP contribution in [0.4, 0.5) is 0 Å². The molecule has 6 rings (SSSR count). The van der Waals surface area contributed by atoms with Gasteiger partial charge in [-0.1, -0.05) is 158 Å². The van der Waals surface area contributed by atoms with E-state index in [9.17, 15) is 0 Å².